The van der Waals surface area contributed by atoms with Crippen molar-refractivity contribution in [2.24, 2.45) is 0 Å². The second-order valence-electron chi connectivity index (χ2n) is 4.24. The first-order valence-corrected chi connectivity index (χ1v) is 7.08. The summed E-state index contributed by atoms with van der Waals surface area (Å²) in [6.45, 7) is 3.28. The molecule has 0 unspecified atom stereocenters. The van der Waals surface area contributed by atoms with E-state index < -0.39 is 0 Å². The topological polar surface area (TPSA) is 59.1 Å². The fourth-order valence-electron chi connectivity index (χ4n) is 1.68. The molecule has 2 aromatic rings. The first-order valence-electron chi connectivity index (χ1n) is 6.29. The number of benzene rings is 1. The second-order valence-corrected chi connectivity index (χ2v) is 5.10. The van der Waals surface area contributed by atoms with Gasteiger partial charge in [0.1, 0.15) is 5.82 Å². The summed E-state index contributed by atoms with van der Waals surface area (Å²) in [5.74, 6) is 1.35. The van der Waals surface area contributed by atoms with Crippen LogP contribution in [0.1, 0.15) is 5.69 Å². The van der Waals surface area contributed by atoms with Crippen LogP contribution in [0.15, 0.2) is 34.8 Å². The number of rotatable bonds is 6. The average molecular weight is 337 g/mol. The van der Waals surface area contributed by atoms with Crippen LogP contribution in [0.2, 0.25) is 0 Å². The first-order chi connectivity index (χ1) is 9.69. The number of methoxy groups -OCH3 is 1. The van der Waals surface area contributed by atoms with Crippen LogP contribution in [0.4, 0.5) is 17.5 Å². The van der Waals surface area contributed by atoms with Gasteiger partial charge < -0.3 is 15.4 Å². The molecule has 2 rings (SSSR count). The molecule has 106 valence electrons. The van der Waals surface area contributed by atoms with Gasteiger partial charge >= 0.3 is 0 Å². The van der Waals surface area contributed by atoms with Crippen molar-refractivity contribution in [2.75, 3.05) is 30.9 Å². The van der Waals surface area contributed by atoms with Crippen molar-refractivity contribution in [1.29, 1.82) is 0 Å². The Hall–Kier alpha value is -1.66. The van der Waals surface area contributed by atoms with Crippen LogP contribution in [0.5, 0.6) is 0 Å². The van der Waals surface area contributed by atoms with E-state index in [1.54, 1.807) is 7.11 Å². The van der Waals surface area contributed by atoms with Gasteiger partial charge in [0.05, 0.1) is 12.3 Å². The fourth-order valence-corrected chi connectivity index (χ4v) is 2.06. The number of hydrogen-bond acceptors (Lipinski definition) is 5. The van der Waals surface area contributed by atoms with E-state index in [4.69, 9.17) is 4.74 Å². The van der Waals surface area contributed by atoms with Crippen LogP contribution < -0.4 is 10.6 Å². The smallest absolute Gasteiger partial charge is 0.229 e. The quantitative estimate of drug-likeness (QED) is 0.792. The Labute approximate surface area is 126 Å². The van der Waals surface area contributed by atoms with Crippen LogP contribution in [0, 0.1) is 6.92 Å². The van der Waals surface area contributed by atoms with Gasteiger partial charge in [-0.05, 0) is 35.0 Å². The van der Waals surface area contributed by atoms with Gasteiger partial charge in [0.15, 0.2) is 0 Å². The molecule has 1 aromatic carbocycles. The maximum atomic E-state index is 5.01. The van der Waals surface area contributed by atoms with Crippen LogP contribution in [-0.4, -0.2) is 30.2 Å². The van der Waals surface area contributed by atoms with Crippen molar-refractivity contribution in [3.8, 4) is 0 Å². The molecule has 0 fully saturated rings. The van der Waals surface area contributed by atoms with E-state index in [9.17, 15) is 0 Å². The molecule has 0 aliphatic rings. The molecule has 6 heteroatoms. The molecule has 0 aliphatic carbocycles. The van der Waals surface area contributed by atoms with E-state index in [0.29, 0.717) is 19.1 Å². The summed E-state index contributed by atoms with van der Waals surface area (Å²) in [5, 5.41) is 6.40. The lowest BCUT2D eigenvalue weighted by molar-refractivity contribution is 0.210. The predicted octanol–water partition coefficient (Wildman–Crippen LogP) is 3.35. The summed E-state index contributed by atoms with van der Waals surface area (Å²) in [6, 6.07) is 9.76. The molecular formula is C14H17BrN4O. The number of hydrogen-bond donors (Lipinski definition) is 2. The first kappa shape index (κ1) is 14.7. The lowest BCUT2D eigenvalue weighted by atomic mass is 10.3. The minimum atomic E-state index is 0.566. The summed E-state index contributed by atoms with van der Waals surface area (Å²) >= 11 is 3.49. The SMILES string of the molecule is COCCNc1cc(C)nc(Nc2ccccc2Br)n1. The van der Waals surface area contributed by atoms with Gasteiger partial charge in [-0.15, -0.1) is 0 Å². The van der Waals surface area contributed by atoms with Gasteiger partial charge in [0, 0.05) is 29.9 Å². The lowest BCUT2D eigenvalue weighted by Crippen LogP contribution is -2.10. The molecule has 0 saturated heterocycles. The molecule has 1 aromatic heterocycles. The Balaban J connectivity index is 2.13. The van der Waals surface area contributed by atoms with E-state index in [-0.39, 0.29) is 0 Å². The Kier molecular flexibility index (Phi) is 5.31. The maximum Gasteiger partial charge on any atom is 0.229 e. The molecule has 0 amide bonds. The number of anilines is 3. The van der Waals surface area contributed by atoms with Crippen molar-refractivity contribution in [3.63, 3.8) is 0 Å². The third-order valence-corrected chi connectivity index (χ3v) is 3.28. The van der Waals surface area contributed by atoms with Crippen molar-refractivity contribution >= 4 is 33.4 Å². The fraction of sp³-hybridized carbons (Fsp3) is 0.286. The minimum Gasteiger partial charge on any atom is -0.383 e. The monoisotopic (exact) mass is 336 g/mol. The molecule has 0 bridgehead atoms. The molecule has 0 radical (unpaired) electrons. The Morgan fingerprint density at radius 2 is 2.05 bits per heavy atom. The minimum absolute atomic E-state index is 0.566. The average Bonchev–Trinajstić information content (AvgIpc) is 2.41. The van der Waals surface area contributed by atoms with Gasteiger partial charge in [-0.3, -0.25) is 0 Å². The van der Waals surface area contributed by atoms with E-state index in [1.807, 2.05) is 37.3 Å². The van der Waals surface area contributed by atoms with Crippen LogP contribution in [0.25, 0.3) is 0 Å². The van der Waals surface area contributed by atoms with E-state index in [1.165, 1.54) is 0 Å². The van der Waals surface area contributed by atoms with Gasteiger partial charge in [-0.1, -0.05) is 12.1 Å². The number of nitrogens with zero attached hydrogens (tertiary/aromatic N) is 2. The van der Waals surface area contributed by atoms with Crippen LogP contribution >= 0.6 is 15.9 Å². The number of nitrogens with one attached hydrogen (secondary N) is 2. The zero-order valence-electron chi connectivity index (χ0n) is 11.5. The van der Waals surface area contributed by atoms with Gasteiger partial charge in [-0.25, -0.2) is 4.98 Å². The molecule has 5 nitrogen and oxygen atoms in total. The highest BCUT2D eigenvalue weighted by Crippen LogP contribution is 2.24. The number of ether oxygens (including phenoxy) is 1. The van der Waals surface area contributed by atoms with E-state index in [2.05, 4.69) is 36.5 Å². The Morgan fingerprint density at radius 3 is 2.80 bits per heavy atom. The standard InChI is InChI=1S/C14H17BrN4O/c1-10-9-13(16-7-8-20-2)19-14(17-10)18-12-6-4-3-5-11(12)15/h3-6,9H,7-8H2,1-2H3,(H2,16,17,18,19). The van der Waals surface area contributed by atoms with Crippen molar-refractivity contribution in [1.82, 2.24) is 9.97 Å². The number of para-hydroxylation sites is 1. The summed E-state index contributed by atoms with van der Waals surface area (Å²) < 4.78 is 5.98. The highest BCUT2D eigenvalue weighted by molar-refractivity contribution is 9.10. The largest absolute Gasteiger partial charge is 0.383 e. The summed E-state index contributed by atoms with van der Waals surface area (Å²) in [4.78, 5) is 8.82. The molecule has 2 N–H and O–H groups in total. The molecule has 0 spiro atoms. The van der Waals surface area contributed by atoms with E-state index >= 15 is 0 Å². The zero-order valence-corrected chi connectivity index (χ0v) is 13.1. The maximum absolute atomic E-state index is 5.01. The summed E-state index contributed by atoms with van der Waals surface area (Å²) in [5.41, 5.74) is 1.83. The zero-order chi connectivity index (χ0) is 14.4. The van der Waals surface area contributed by atoms with Gasteiger partial charge in [-0.2, -0.15) is 4.98 Å². The van der Waals surface area contributed by atoms with Crippen LogP contribution in [0.3, 0.4) is 0 Å². The normalized spacial score (nSPS) is 10.3. The molecule has 0 saturated carbocycles. The molecule has 1 heterocycles. The Morgan fingerprint density at radius 1 is 1.25 bits per heavy atom. The number of aryl methyl sites for hydroxylation is 1. The second kappa shape index (κ2) is 7.21. The highest BCUT2D eigenvalue weighted by Gasteiger charge is 2.04. The summed E-state index contributed by atoms with van der Waals surface area (Å²) in [7, 11) is 1.67. The highest BCUT2D eigenvalue weighted by atomic mass is 79.9. The third kappa shape index (κ3) is 4.18. The van der Waals surface area contributed by atoms with Gasteiger partial charge in [0.25, 0.3) is 0 Å². The van der Waals surface area contributed by atoms with Crippen LogP contribution in [-0.2, 0) is 4.74 Å². The summed E-state index contributed by atoms with van der Waals surface area (Å²) in [6.07, 6.45) is 0. The van der Waals surface area contributed by atoms with Gasteiger partial charge in [0.2, 0.25) is 5.95 Å². The Bertz CT molecular complexity index is 577. The molecular weight excluding hydrogens is 320 g/mol. The lowest BCUT2D eigenvalue weighted by Gasteiger charge is -2.10. The van der Waals surface area contributed by atoms with E-state index in [0.717, 1.165) is 21.7 Å². The predicted molar refractivity (Wildman–Crippen MR) is 84.6 cm³/mol. The van der Waals surface area contributed by atoms with Crippen molar-refractivity contribution in [2.45, 2.75) is 6.92 Å². The number of aromatic nitrogens is 2. The van der Waals surface area contributed by atoms with Crippen molar-refractivity contribution < 1.29 is 4.74 Å². The number of halogens is 1. The molecule has 20 heavy (non-hydrogen) atoms. The van der Waals surface area contributed by atoms with Crippen molar-refractivity contribution in [3.05, 3.63) is 40.5 Å². The molecule has 0 aliphatic heterocycles. The third-order valence-electron chi connectivity index (χ3n) is 2.59. The molecule has 0 atom stereocenters.